The van der Waals surface area contributed by atoms with E-state index in [4.69, 9.17) is 4.42 Å². The molecule has 1 fully saturated rings. The van der Waals surface area contributed by atoms with Gasteiger partial charge in [-0.3, -0.25) is 9.59 Å². The van der Waals surface area contributed by atoms with Crippen LogP contribution in [0, 0.1) is 12.7 Å². The Morgan fingerprint density at radius 3 is 2.54 bits per heavy atom. The maximum Gasteiger partial charge on any atom is 0.295 e. The average Bonchev–Trinajstić information content (AvgIpc) is 3.10. The van der Waals surface area contributed by atoms with Gasteiger partial charge in [0.05, 0.1) is 12.1 Å². The molecule has 1 N–H and O–H groups in total. The van der Waals surface area contributed by atoms with Gasteiger partial charge in [-0.25, -0.2) is 9.37 Å². The van der Waals surface area contributed by atoms with Gasteiger partial charge in [-0.2, -0.15) is 0 Å². The van der Waals surface area contributed by atoms with Gasteiger partial charge >= 0.3 is 0 Å². The van der Waals surface area contributed by atoms with E-state index < -0.39 is 11.7 Å². The van der Waals surface area contributed by atoms with Crippen molar-refractivity contribution in [3.63, 3.8) is 0 Å². The van der Waals surface area contributed by atoms with Gasteiger partial charge < -0.3 is 14.4 Å². The Balaban J connectivity index is 1.98. The van der Waals surface area contributed by atoms with Crippen molar-refractivity contribution < 1.29 is 23.5 Å². The predicted octanol–water partition coefficient (Wildman–Crippen LogP) is 2.80. The lowest BCUT2D eigenvalue weighted by Gasteiger charge is -2.18. The molecule has 1 saturated heterocycles. The molecule has 1 amide bonds. The molecule has 0 saturated carbocycles. The molecule has 0 bridgehead atoms. The SMILES string of the molecule is Cc1nc(C(O)=C2CN(C(C)C)C(=O)C2=O)c(Cc2ccc(F)cc2)o1. The largest absolute Gasteiger partial charge is 0.505 e. The van der Waals surface area contributed by atoms with Crippen LogP contribution in [0.5, 0.6) is 0 Å². The van der Waals surface area contributed by atoms with Crippen molar-refractivity contribution >= 4 is 17.4 Å². The molecule has 6 nitrogen and oxygen atoms in total. The second kappa shape index (κ2) is 6.74. The van der Waals surface area contributed by atoms with Gasteiger partial charge in [-0.1, -0.05) is 12.1 Å². The van der Waals surface area contributed by atoms with Crippen molar-refractivity contribution in [1.29, 1.82) is 0 Å². The number of nitrogens with zero attached hydrogens (tertiary/aromatic N) is 2. The van der Waals surface area contributed by atoms with Gasteiger partial charge in [0.2, 0.25) is 0 Å². The molecule has 3 rings (SSSR count). The molecule has 0 aliphatic carbocycles. The number of ketones is 1. The van der Waals surface area contributed by atoms with E-state index in [0.717, 1.165) is 5.56 Å². The number of halogens is 1. The first-order chi connectivity index (χ1) is 12.3. The van der Waals surface area contributed by atoms with Crippen molar-refractivity contribution in [2.24, 2.45) is 0 Å². The maximum absolute atomic E-state index is 13.1. The summed E-state index contributed by atoms with van der Waals surface area (Å²) in [5, 5.41) is 10.6. The van der Waals surface area contributed by atoms with Crippen LogP contribution in [0.4, 0.5) is 4.39 Å². The third kappa shape index (κ3) is 3.24. The molecule has 2 heterocycles. The number of likely N-dealkylation sites (tertiary alicyclic amines) is 1. The highest BCUT2D eigenvalue weighted by Gasteiger charge is 2.39. The lowest BCUT2D eigenvalue weighted by atomic mass is 10.1. The van der Waals surface area contributed by atoms with Gasteiger partial charge in [-0.05, 0) is 31.5 Å². The van der Waals surface area contributed by atoms with Gasteiger partial charge in [0.15, 0.2) is 11.6 Å². The third-order valence-corrected chi connectivity index (χ3v) is 4.27. The van der Waals surface area contributed by atoms with Crippen molar-refractivity contribution in [3.05, 3.63) is 58.6 Å². The highest BCUT2D eigenvalue weighted by atomic mass is 19.1. The van der Waals surface area contributed by atoms with Crippen LogP contribution >= 0.6 is 0 Å². The molecule has 7 heteroatoms. The Bertz CT molecular complexity index is 897. The third-order valence-electron chi connectivity index (χ3n) is 4.27. The van der Waals surface area contributed by atoms with E-state index in [1.165, 1.54) is 17.0 Å². The number of aromatic nitrogens is 1. The number of hydrogen-bond acceptors (Lipinski definition) is 5. The van der Waals surface area contributed by atoms with Crippen LogP contribution in [0.15, 0.2) is 34.3 Å². The molecule has 1 aliphatic rings. The monoisotopic (exact) mass is 358 g/mol. The van der Waals surface area contributed by atoms with E-state index in [9.17, 15) is 19.1 Å². The van der Waals surface area contributed by atoms with E-state index in [1.807, 2.05) is 0 Å². The van der Waals surface area contributed by atoms with Gasteiger partial charge in [-0.15, -0.1) is 0 Å². The molecule has 1 aliphatic heterocycles. The number of oxazole rings is 1. The van der Waals surface area contributed by atoms with E-state index in [2.05, 4.69) is 4.98 Å². The molecule has 2 aromatic rings. The standard InChI is InChI=1S/C19H19FN2O4/c1-10(2)22-9-14(18(24)19(22)25)17(23)16-15(26-11(3)21-16)8-12-4-6-13(20)7-5-12/h4-7,10,23H,8-9H2,1-3H3. The molecule has 1 aromatic heterocycles. The fourth-order valence-electron chi connectivity index (χ4n) is 2.88. The Labute approximate surface area is 149 Å². The molecular formula is C19H19FN2O4. The van der Waals surface area contributed by atoms with Crippen LogP contribution in [0.2, 0.25) is 0 Å². The number of aliphatic hydroxyl groups is 1. The van der Waals surface area contributed by atoms with E-state index >= 15 is 0 Å². The Morgan fingerprint density at radius 2 is 1.96 bits per heavy atom. The Hall–Kier alpha value is -2.96. The fraction of sp³-hybridized carbons (Fsp3) is 0.316. The minimum absolute atomic E-state index is 0.0114. The number of rotatable bonds is 4. The lowest BCUT2D eigenvalue weighted by molar-refractivity contribution is -0.140. The van der Waals surface area contributed by atoms with Gasteiger partial charge in [0.25, 0.3) is 11.7 Å². The van der Waals surface area contributed by atoms with Gasteiger partial charge in [0.1, 0.15) is 17.3 Å². The van der Waals surface area contributed by atoms with Crippen molar-refractivity contribution in [1.82, 2.24) is 9.88 Å². The molecule has 1 aromatic carbocycles. The smallest absolute Gasteiger partial charge is 0.295 e. The normalized spacial score (nSPS) is 16.7. The number of aryl methyl sites for hydroxylation is 1. The Morgan fingerprint density at radius 1 is 1.31 bits per heavy atom. The second-order valence-electron chi connectivity index (χ2n) is 6.49. The summed E-state index contributed by atoms with van der Waals surface area (Å²) < 4.78 is 18.6. The Kier molecular flexibility index (Phi) is 4.63. The zero-order chi connectivity index (χ0) is 19.0. The van der Waals surface area contributed by atoms with Crippen LogP contribution in [0.3, 0.4) is 0 Å². The molecular weight excluding hydrogens is 339 g/mol. The summed E-state index contributed by atoms with van der Waals surface area (Å²) in [4.78, 5) is 29.9. The maximum atomic E-state index is 13.1. The highest BCUT2D eigenvalue weighted by Crippen LogP contribution is 2.27. The minimum atomic E-state index is -0.732. The fourth-order valence-corrected chi connectivity index (χ4v) is 2.88. The molecule has 0 unspecified atom stereocenters. The predicted molar refractivity (Wildman–Crippen MR) is 91.9 cm³/mol. The first-order valence-corrected chi connectivity index (χ1v) is 8.26. The summed E-state index contributed by atoms with van der Waals surface area (Å²) in [6.45, 7) is 5.25. The second-order valence-corrected chi connectivity index (χ2v) is 6.49. The topological polar surface area (TPSA) is 83.6 Å². The van der Waals surface area contributed by atoms with Crippen LogP contribution in [0.25, 0.3) is 5.76 Å². The highest BCUT2D eigenvalue weighted by molar-refractivity contribution is 6.46. The summed E-state index contributed by atoms with van der Waals surface area (Å²) in [7, 11) is 0. The quantitative estimate of drug-likeness (QED) is 0.516. The summed E-state index contributed by atoms with van der Waals surface area (Å²) in [5.74, 6) is -1.40. The molecule has 0 spiro atoms. The number of Topliss-reactive ketones (excluding diaryl/α,β-unsaturated/α-hetero) is 1. The van der Waals surface area contributed by atoms with Crippen molar-refractivity contribution in [2.75, 3.05) is 6.54 Å². The zero-order valence-electron chi connectivity index (χ0n) is 14.7. The van der Waals surface area contributed by atoms with Crippen LogP contribution < -0.4 is 0 Å². The lowest BCUT2D eigenvalue weighted by Crippen LogP contribution is -2.33. The first-order valence-electron chi connectivity index (χ1n) is 8.26. The van der Waals surface area contributed by atoms with Gasteiger partial charge in [0, 0.05) is 19.4 Å². The van der Waals surface area contributed by atoms with Crippen molar-refractivity contribution in [3.8, 4) is 0 Å². The number of hydrogen-bond donors (Lipinski definition) is 1. The average molecular weight is 358 g/mol. The van der Waals surface area contributed by atoms with E-state index in [-0.39, 0.29) is 41.9 Å². The summed E-state index contributed by atoms with van der Waals surface area (Å²) in [6, 6.07) is 5.71. The minimum Gasteiger partial charge on any atom is -0.505 e. The van der Waals surface area contributed by atoms with Crippen LogP contribution in [0.1, 0.15) is 36.8 Å². The van der Waals surface area contributed by atoms with Crippen molar-refractivity contribution in [2.45, 2.75) is 33.2 Å². The molecule has 136 valence electrons. The summed E-state index contributed by atoms with van der Waals surface area (Å²) >= 11 is 0. The van der Waals surface area contributed by atoms with E-state index in [0.29, 0.717) is 11.7 Å². The number of amides is 1. The van der Waals surface area contributed by atoms with Crippen LogP contribution in [-0.2, 0) is 16.0 Å². The summed E-state index contributed by atoms with van der Waals surface area (Å²) in [5.41, 5.74) is 0.908. The number of benzene rings is 1. The van der Waals surface area contributed by atoms with E-state index in [1.54, 1.807) is 32.9 Å². The summed E-state index contributed by atoms with van der Waals surface area (Å²) in [6.07, 6.45) is 0.268. The molecule has 0 atom stereocenters. The molecule has 26 heavy (non-hydrogen) atoms. The first kappa shape index (κ1) is 17.8. The number of carbonyl (C=O) groups is 2. The number of carbonyl (C=O) groups excluding carboxylic acids is 2. The van der Waals surface area contributed by atoms with Crippen LogP contribution in [-0.4, -0.2) is 39.3 Å². The molecule has 0 radical (unpaired) electrons. The number of aliphatic hydroxyl groups excluding tert-OH is 1. The zero-order valence-corrected chi connectivity index (χ0v) is 14.7.